The van der Waals surface area contributed by atoms with Gasteiger partial charge in [0, 0.05) is 37.4 Å². The van der Waals surface area contributed by atoms with E-state index in [0.29, 0.717) is 6.04 Å². The van der Waals surface area contributed by atoms with E-state index in [2.05, 4.69) is 20.7 Å². The fourth-order valence-corrected chi connectivity index (χ4v) is 3.72. The summed E-state index contributed by atoms with van der Waals surface area (Å²) in [5.41, 5.74) is 6.77. The van der Waals surface area contributed by atoms with E-state index in [1.807, 2.05) is 6.20 Å². The molecule has 1 saturated heterocycles. The lowest BCUT2D eigenvalue weighted by atomic mass is 10.0. The van der Waals surface area contributed by atoms with Gasteiger partial charge < -0.3 is 10.6 Å². The van der Waals surface area contributed by atoms with Crippen LogP contribution in [0, 0.1) is 5.41 Å². The highest BCUT2D eigenvalue weighted by Crippen LogP contribution is 2.46. The van der Waals surface area contributed by atoms with Crippen molar-refractivity contribution < 1.29 is 4.79 Å². The molecule has 2 heterocycles. The molecule has 2 aliphatic carbocycles. The highest BCUT2D eigenvalue weighted by molar-refractivity contribution is 5.83. The molecule has 0 bridgehead atoms. The molecule has 3 aliphatic rings. The summed E-state index contributed by atoms with van der Waals surface area (Å²) < 4.78 is 2.27. The van der Waals surface area contributed by atoms with Crippen molar-refractivity contribution in [3.8, 4) is 0 Å². The summed E-state index contributed by atoms with van der Waals surface area (Å²) in [4.78, 5) is 13.9. The van der Waals surface area contributed by atoms with Crippen molar-refractivity contribution in [3.05, 3.63) is 18.0 Å². The van der Waals surface area contributed by atoms with Gasteiger partial charge in [-0.2, -0.15) is 5.10 Å². The van der Waals surface area contributed by atoms with E-state index in [1.165, 1.54) is 18.5 Å². The van der Waals surface area contributed by atoms with Gasteiger partial charge in [-0.3, -0.25) is 9.48 Å². The molecule has 2 N–H and O–H groups in total. The molecule has 114 valence electrons. The number of nitrogens with zero attached hydrogens (tertiary/aromatic N) is 3. The number of aromatic nitrogens is 2. The molecule has 5 nitrogen and oxygen atoms in total. The van der Waals surface area contributed by atoms with Crippen LogP contribution in [-0.2, 0) is 4.79 Å². The average molecular weight is 288 g/mol. The molecule has 0 spiro atoms. The number of rotatable bonds is 5. The molecule has 5 heteroatoms. The minimum absolute atomic E-state index is 0.104. The quantitative estimate of drug-likeness (QED) is 0.896. The van der Waals surface area contributed by atoms with Crippen LogP contribution >= 0.6 is 0 Å². The Bertz CT molecular complexity index is 536. The number of carbonyl (C=O) groups excluding carboxylic acids is 1. The highest BCUT2D eigenvalue weighted by Gasteiger charge is 2.49. The van der Waals surface area contributed by atoms with Gasteiger partial charge in [0.25, 0.3) is 0 Å². The fraction of sp³-hybridized carbons (Fsp3) is 0.750. The molecule has 0 radical (unpaired) electrons. The van der Waals surface area contributed by atoms with E-state index in [0.717, 1.165) is 51.2 Å². The lowest BCUT2D eigenvalue weighted by Crippen LogP contribution is -2.42. The third-order valence-corrected chi connectivity index (χ3v) is 5.50. The van der Waals surface area contributed by atoms with Crippen LogP contribution in [-0.4, -0.2) is 40.2 Å². The van der Waals surface area contributed by atoms with Gasteiger partial charge in [0.1, 0.15) is 0 Å². The molecule has 0 unspecified atom stereocenters. The van der Waals surface area contributed by atoms with E-state index in [4.69, 9.17) is 5.73 Å². The van der Waals surface area contributed by atoms with Crippen LogP contribution in [0.4, 0.5) is 0 Å². The van der Waals surface area contributed by atoms with Crippen LogP contribution in [0.15, 0.2) is 12.3 Å². The Hall–Kier alpha value is -1.36. The molecule has 0 aromatic carbocycles. The van der Waals surface area contributed by atoms with Crippen molar-refractivity contribution in [2.24, 2.45) is 11.1 Å². The Balaban J connectivity index is 1.36. The van der Waals surface area contributed by atoms with Gasteiger partial charge in [-0.15, -0.1) is 0 Å². The molecule has 2 saturated carbocycles. The number of primary amides is 1. The van der Waals surface area contributed by atoms with Gasteiger partial charge in [-0.05, 0) is 44.6 Å². The Kier molecular flexibility index (Phi) is 3.06. The van der Waals surface area contributed by atoms with Crippen molar-refractivity contribution in [1.82, 2.24) is 14.7 Å². The number of amides is 1. The molecule has 1 aromatic rings. The van der Waals surface area contributed by atoms with Crippen LogP contribution in [0.1, 0.15) is 56.2 Å². The normalized spacial score (nSPS) is 25.9. The molecule has 21 heavy (non-hydrogen) atoms. The zero-order valence-electron chi connectivity index (χ0n) is 12.5. The number of nitrogens with two attached hydrogens (primary N) is 1. The third kappa shape index (κ3) is 2.48. The summed E-state index contributed by atoms with van der Waals surface area (Å²) in [5.74, 6) is 0.655. The van der Waals surface area contributed by atoms with Crippen LogP contribution in [0.2, 0.25) is 0 Å². The van der Waals surface area contributed by atoms with E-state index >= 15 is 0 Å². The first kappa shape index (κ1) is 13.3. The topological polar surface area (TPSA) is 64.2 Å². The second-order valence-electron chi connectivity index (χ2n) is 7.13. The Morgan fingerprint density at radius 3 is 2.57 bits per heavy atom. The van der Waals surface area contributed by atoms with Gasteiger partial charge in [-0.25, -0.2) is 0 Å². The van der Waals surface area contributed by atoms with Crippen LogP contribution in [0.3, 0.4) is 0 Å². The van der Waals surface area contributed by atoms with E-state index in [-0.39, 0.29) is 11.3 Å². The first-order valence-corrected chi connectivity index (χ1v) is 8.24. The first-order valence-electron chi connectivity index (χ1n) is 8.24. The Morgan fingerprint density at radius 1 is 1.29 bits per heavy atom. The number of piperidine rings is 1. The molecule has 0 atom stereocenters. The second kappa shape index (κ2) is 4.83. The predicted molar refractivity (Wildman–Crippen MR) is 79.8 cm³/mol. The number of carbonyl (C=O) groups is 1. The molecular formula is C16H24N4O. The summed E-state index contributed by atoms with van der Waals surface area (Å²) >= 11 is 0. The van der Waals surface area contributed by atoms with Gasteiger partial charge in [0.05, 0.1) is 11.5 Å². The minimum atomic E-state index is -0.197. The smallest absolute Gasteiger partial charge is 0.224 e. The summed E-state index contributed by atoms with van der Waals surface area (Å²) in [6, 6.07) is 2.73. The van der Waals surface area contributed by atoms with Crippen molar-refractivity contribution in [1.29, 1.82) is 0 Å². The summed E-state index contributed by atoms with van der Waals surface area (Å²) in [6.45, 7) is 2.98. The SMILES string of the molecule is NC(=O)C1(CN2CCC(n3nccc3C3CC3)CC2)CC1. The molecule has 1 amide bonds. The third-order valence-electron chi connectivity index (χ3n) is 5.50. The summed E-state index contributed by atoms with van der Waals surface area (Å²) in [6.07, 6.45) is 8.83. The number of hydrogen-bond donors (Lipinski definition) is 1. The lowest BCUT2D eigenvalue weighted by molar-refractivity contribution is -0.123. The second-order valence-corrected chi connectivity index (χ2v) is 7.13. The first-order chi connectivity index (χ1) is 10.2. The lowest BCUT2D eigenvalue weighted by Gasteiger charge is -2.34. The molecule has 3 fully saturated rings. The maximum atomic E-state index is 11.5. The molecule has 1 aromatic heterocycles. The minimum Gasteiger partial charge on any atom is -0.369 e. The zero-order chi connectivity index (χ0) is 14.4. The van der Waals surface area contributed by atoms with E-state index in [9.17, 15) is 4.79 Å². The maximum absolute atomic E-state index is 11.5. The number of hydrogen-bond acceptors (Lipinski definition) is 3. The van der Waals surface area contributed by atoms with Crippen LogP contribution in [0.5, 0.6) is 0 Å². The highest BCUT2D eigenvalue weighted by atomic mass is 16.1. The van der Waals surface area contributed by atoms with Crippen LogP contribution < -0.4 is 5.73 Å². The van der Waals surface area contributed by atoms with Crippen LogP contribution in [0.25, 0.3) is 0 Å². The van der Waals surface area contributed by atoms with Crippen molar-refractivity contribution in [2.75, 3.05) is 19.6 Å². The zero-order valence-corrected chi connectivity index (χ0v) is 12.5. The molecule has 1 aliphatic heterocycles. The monoisotopic (exact) mass is 288 g/mol. The fourth-order valence-electron chi connectivity index (χ4n) is 3.72. The van der Waals surface area contributed by atoms with E-state index in [1.54, 1.807) is 0 Å². The van der Waals surface area contributed by atoms with E-state index < -0.39 is 0 Å². The van der Waals surface area contributed by atoms with Gasteiger partial charge >= 0.3 is 0 Å². The maximum Gasteiger partial charge on any atom is 0.224 e. The summed E-state index contributed by atoms with van der Waals surface area (Å²) in [5, 5.41) is 4.57. The number of likely N-dealkylation sites (tertiary alicyclic amines) is 1. The standard InChI is InChI=1S/C16H24N4O/c17-15(21)16(6-7-16)11-19-9-4-13(5-10-19)20-14(3-8-18-20)12-1-2-12/h3,8,12-13H,1-2,4-7,9-11H2,(H2,17,21). The summed E-state index contributed by atoms with van der Waals surface area (Å²) in [7, 11) is 0. The van der Waals surface area contributed by atoms with Crippen molar-refractivity contribution in [3.63, 3.8) is 0 Å². The van der Waals surface area contributed by atoms with Gasteiger partial charge in [-0.1, -0.05) is 0 Å². The van der Waals surface area contributed by atoms with Crippen molar-refractivity contribution in [2.45, 2.75) is 50.5 Å². The molecule has 4 rings (SSSR count). The average Bonchev–Trinajstić information content (AvgIpc) is 3.40. The van der Waals surface area contributed by atoms with Gasteiger partial charge in [0.2, 0.25) is 5.91 Å². The Labute approximate surface area is 125 Å². The van der Waals surface area contributed by atoms with Gasteiger partial charge in [0.15, 0.2) is 0 Å². The predicted octanol–water partition coefficient (Wildman–Crippen LogP) is 1.66. The largest absolute Gasteiger partial charge is 0.369 e. The molecular weight excluding hydrogens is 264 g/mol. The van der Waals surface area contributed by atoms with Crippen molar-refractivity contribution >= 4 is 5.91 Å². The Morgan fingerprint density at radius 2 is 2.00 bits per heavy atom.